The highest BCUT2D eigenvalue weighted by molar-refractivity contribution is 5.96. The summed E-state index contributed by atoms with van der Waals surface area (Å²) in [6.45, 7) is -0.289. The van der Waals surface area contributed by atoms with Crippen LogP contribution in [0.25, 0.3) is 0 Å². The van der Waals surface area contributed by atoms with Gasteiger partial charge in [0.15, 0.2) is 6.61 Å². The average molecular weight is 318 g/mol. The molecule has 1 aromatic rings. The smallest absolute Gasteiger partial charge is 0.306 e. The predicted octanol–water partition coefficient (Wildman–Crippen LogP) is 2.11. The topological polar surface area (TPSA) is 84.5 Å². The zero-order valence-electron chi connectivity index (χ0n) is 13.3. The number of esters is 1. The van der Waals surface area contributed by atoms with Gasteiger partial charge in [0.2, 0.25) is 0 Å². The fourth-order valence-electron chi connectivity index (χ4n) is 2.70. The maximum atomic E-state index is 11.8. The second kappa shape index (κ2) is 8.31. The molecule has 0 aromatic heterocycles. The lowest BCUT2D eigenvalue weighted by molar-refractivity contribution is -0.148. The molecule has 2 N–H and O–H groups in total. The van der Waals surface area contributed by atoms with E-state index in [0.717, 1.165) is 12.8 Å². The first-order valence-electron chi connectivity index (χ1n) is 7.86. The van der Waals surface area contributed by atoms with E-state index in [1.807, 2.05) is 0 Å². The Morgan fingerprint density at radius 3 is 2.39 bits per heavy atom. The van der Waals surface area contributed by atoms with Crippen molar-refractivity contribution in [3.63, 3.8) is 0 Å². The molecule has 1 aromatic carbocycles. The fourth-order valence-corrected chi connectivity index (χ4v) is 2.70. The average Bonchev–Trinajstić information content (AvgIpc) is 3.06. The van der Waals surface area contributed by atoms with E-state index in [9.17, 15) is 14.4 Å². The van der Waals surface area contributed by atoms with Gasteiger partial charge in [-0.05, 0) is 43.0 Å². The highest BCUT2D eigenvalue weighted by Crippen LogP contribution is 2.27. The van der Waals surface area contributed by atoms with Gasteiger partial charge in [0.05, 0.1) is 0 Å². The molecule has 0 aliphatic heterocycles. The quantitative estimate of drug-likeness (QED) is 0.787. The number of carbonyl (C=O) groups is 3. The van der Waals surface area contributed by atoms with Gasteiger partial charge < -0.3 is 15.4 Å². The molecule has 0 spiro atoms. The third-order valence-electron chi connectivity index (χ3n) is 3.95. The van der Waals surface area contributed by atoms with E-state index in [0.29, 0.717) is 23.6 Å². The molecule has 0 bridgehead atoms. The molecule has 1 fully saturated rings. The van der Waals surface area contributed by atoms with Gasteiger partial charge >= 0.3 is 5.97 Å². The molecule has 0 saturated heterocycles. The summed E-state index contributed by atoms with van der Waals surface area (Å²) in [4.78, 5) is 34.8. The first kappa shape index (κ1) is 17.0. The number of hydrogen-bond acceptors (Lipinski definition) is 4. The summed E-state index contributed by atoms with van der Waals surface area (Å²) < 4.78 is 5.00. The lowest BCUT2D eigenvalue weighted by Gasteiger charge is -2.09. The van der Waals surface area contributed by atoms with Crippen LogP contribution in [-0.2, 0) is 14.3 Å². The molecule has 2 rings (SSSR count). The first-order valence-corrected chi connectivity index (χ1v) is 7.86. The van der Waals surface area contributed by atoms with Crippen LogP contribution in [0.15, 0.2) is 24.3 Å². The van der Waals surface area contributed by atoms with Crippen molar-refractivity contribution in [2.75, 3.05) is 19.0 Å². The van der Waals surface area contributed by atoms with Crippen molar-refractivity contribution >= 4 is 23.5 Å². The molecule has 1 aliphatic carbocycles. The van der Waals surface area contributed by atoms with Crippen LogP contribution < -0.4 is 10.6 Å². The van der Waals surface area contributed by atoms with E-state index in [4.69, 9.17) is 4.74 Å². The minimum atomic E-state index is -0.391. The van der Waals surface area contributed by atoms with Gasteiger partial charge in [-0.3, -0.25) is 14.4 Å². The Bertz CT molecular complexity index is 562. The molecule has 0 heterocycles. The lowest BCUT2D eigenvalue weighted by atomic mass is 10.1. The largest absolute Gasteiger partial charge is 0.456 e. The Labute approximate surface area is 135 Å². The predicted molar refractivity (Wildman–Crippen MR) is 86.0 cm³/mol. The van der Waals surface area contributed by atoms with Crippen LogP contribution in [0.2, 0.25) is 0 Å². The number of nitrogens with one attached hydrogen (secondary N) is 2. The van der Waals surface area contributed by atoms with E-state index < -0.39 is 5.91 Å². The lowest BCUT2D eigenvalue weighted by Crippen LogP contribution is -2.22. The SMILES string of the molecule is CNC(=O)c1ccc(NC(=O)COC(=O)CC2CCCC2)cc1. The number of carbonyl (C=O) groups excluding carboxylic acids is 3. The van der Waals surface area contributed by atoms with E-state index >= 15 is 0 Å². The van der Waals surface area contributed by atoms with Crippen molar-refractivity contribution in [1.29, 1.82) is 0 Å². The van der Waals surface area contributed by atoms with Gasteiger partial charge in [0.1, 0.15) is 0 Å². The summed E-state index contributed by atoms with van der Waals surface area (Å²) in [6.07, 6.45) is 4.88. The van der Waals surface area contributed by atoms with E-state index in [-0.39, 0.29) is 18.5 Å². The molecule has 0 atom stereocenters. The third-order valence-corrected chi connectivity index (χ3v) is 3.95. The number of rotatable bonds is 6. The summed E-state index contributed by atoms with van der Waals surface area (Å²) in [7, 11) is 1.55. The molecule has 124 valence electrons. The molecule has 6 heteroatoms. The monoisotopic (exact) mass is 318 g/mol. The van der Waals surface area contributed by atoms with Gasteiger partial charge in [0, 0.05) is 24.7 Å². The maximum Gasteiger partial charge on any atom is 0.306 e. The van der Waals surface area contributed by atoms with Crippen LogP contribution in [0, 0.1) is 5.92 Å². The van der Waals surface area contributed by atoms with Crippen molar-refractivity contribution in [2.45, 2.75) is 32.1 Å². The normalized spacial score (nSPS) is 14.3. The summed E-state index contributed by atoms with van der Waals surface area (Å²) in [5, 5.41) is 5.15. The summed E-state index contributed by atoms with van der Waals surface area (Å²) in [5.41, 5.74) is 1.06. The van der Waals surface area contributed by atoms with Gasteiger partial charge in [-0.15, -0.1) is 0 Å². The van der Waals surface area contributed by atoms with E-state index in [1.54, 1.807) is 31.3 Å². The molecular weight excluding hydrogens is 296 g/mol. The van der Waals surface area contributed by atoms with Crippen LogP contribution in [0.1, 0.15) is 42.5 Å². The van der Waals surface area contributed by atoms with Crippen LogP contribution in [0.3, 0.4) is 0 Å². The van der Waals surface area contributed by atoms with Crippen molar-refractivity contribution in [2.24, 2.45) is 5.92 Å². The standard InChI is InChI=1S/C17H22N2O4/c1-18-17(22)13-6-8-14(9-7-13)19-15(20)11-23-16(21)10-12-4-2-3-5-12/h6-9,12H,2-5,10-11H2,1H3,(H,18,22)(H,19,20). The molecule has 0 unspecified atom stereocenters. The van der Waals surface area contributed by atoms with Crippen molar-refractivity contribution < 1.29 is 19.1 Å². The van der Waals surface area contributed by atoms with Crippen LogP contribution >= 0.6 is 0 Å². The van der Waals surface area contributed by atoms with Crippen LogP contribution in [0.5, 0.6) is 0 Å². The highest BCUT2D eigenvalue weighted by atomic mass is 16.5. The van der Waals surface area contributed by atoms with Crippen molar-refractivity contribution in [3.8, 4) is 0 Å². The number of ether oxygens (including phenoxy) is 1. The molecule has 0 radical (unpaired) electrons. The number of hydrogen-bond donors (Lipinski definition) is 2. The van der Waals surface area contributed by atoms with Gasteiger partial charge in [-0.2, -0.15) is 0 Å². The minimum Gasteiger partial charge on any atom is -0.456 e. The fraction of sp³-hybridized carbons (Fsp3) is 0.471. The van der Waals surface area contributed by atoms with Crippen LogP contribution in [-0.4, -0.2) is 31.4 Å². The molecule has 6 nitrogen and oxygen atoms in total. The minimum absolute atomic E-state index is 0.191. The van der Waals surface area contributed by atoms with Gasteiger partial charge in [-0.1, -0.05) is 12.8 Å². The molecular formula is C17H22N2O4. The summed E-state index contributed by atoms with van der Waals surface area (Å²) >= 11 is 0. The Morgan fingerprint density at radius 1 is 1.13 bits per heavy atom. The van der Waals surface area contributed by atoms with Crippen molar-refractivity contribution in [1.82, 2.24) is 5.32 Å². The van der Waals surface area contributed by atoms with Crippen molar-refractivity contribution in [3.05, 3.63) is 29.8 Å². The second-order valence-corrected chi connectivity index (χ2v) is 5.72. The Morgan fingerprint density at radius 2 is 1.78 bits per heavy atom. The summed E-state index contributed by atoms with van der Waals surface area (Å²) in [5.74, 6) is -0.494. The van der Waals surface area contributed by atoms with E-state index in [1.165, 1.54) is 12.8 Å². The zero-order valence-corrected chi connectivity index (χ0v) is 13.3. The highest BCUT2D eigenvalue weighted by Gasteiger charge is 2.19. The first-order chi connectivity index (χ1) is 11.1. The molecule has 23 heavy (non-hydrogen) atoms. The molecule has 2 amide bonds. The third kappa shape index (κ3) is 5.39. The number of benzene rings is 1. The van der Waals surface area contributed by atoms with Gasteiger partial charge in [0.25, 0.3) is 11.8 Å². The molecule has 1 saturated carbocycles. The van der Waals surface area contributed by atoms with E-state index in [2.05, 4.69) is 10.6 Å². The Balaban J connectivity index is 1.73. The van der Waals surface area contributed by atoms with Gasteiger partial charge in [-0.25, -0.2) is 0 Å². The Hall–Kier alpha value is -2.37. The number of amides is 2. The van der Waals surface area contributed by atoms with Crippen LogP contribution in [0.4, 0.5) is 5.69 Å². The Kier molecular flexibility index (Phi) is 6.14. The molecule has 1 aliphatic rings. The second-order valence-electron chi connectivity index (χ2n) is 5.72. The maximum absolute atomic E-state index is 11.8. The zero-order chi connectivity index (χ0) is 16.7. The summed E-state index contributed by atoms with van der Waals surface area (Å²) in [6, 6.07) is 6.48. The number of anilines is 1.